The van der Waals surface area contributed by atoms with Crippen molar-refractivity contribution in [1.82, 2.24) is 4.90 Å². The van der Waals surface area contributed by atoms with Crippen molar-refractivity contribution in [2.45, 2.75) is 71.6 Å². The van der Waals surface area contributed by atoms with Crippen molar-refractivity contribution in [3.05, 3.63) is 0 Å². The summed E-state index contributed by atoms with van der Waals surface area (Å²) in [6.45, 7) is 5.74. The summed E-state index contributed by atoms with van der Waals surface area (Å²) in [6, 6.07) is 0. The van der Waals surface area contributed by atoms with Gasteiger partial charge < -0.3 is 10.1 Å². The lowest BCUT2D eigenvalue weighted by Crippen LogP contribution is -2.43. The van der Waals surface area contributed by atoms with Gasteiger partial charge in [0.15, 0.2) is 0 Å². The lowest BCUT2D eigenvalue weighted by atomic mass is 9.93. The van der Waals surface area contributed by atoms with Crippen molar-refractivity contribution in [2.75, 3.05) is 13.1 Å². The fourth-order valence-corrected chi connectivity index (χ4v) is 2.85. The fourth-order valence-electron chi connectivity index (χ4n) is 2.85. The summed E-state index contributed by atoms with van der Waals surface area (Å²) < 4.78 is 0. The van der Waals surface area contributed by atoms with Crippen LogP contribution < -0.4 is 0 Å². The Hall–Kier alpha value is -1.06. The highest BCUT2D eigenvalue weighted by Crippen LogP contribution is 2.19. The summed E-state index contributed by atoms with van der Waals surface area (Å²) in [5, 5.41) is 12.3. The van der Waals surface area contributed by atoms with Crippen molar-refractivity contribution in [2.24, 2.45) is 11.1 Å². The zero-order valence-corrected chi connectivity index (χ0v) is 13.1. The van der Waals surface area contributed by atoms with Crippen LogP contribution in [-0.4, -0.2) is 34.8 Å². The number of oxime groups is 1. The van der Waals surface area contributed by atoms with E-state index in [9.17, 15) is 4.79 Å². The normalized spacial score (nSPS) is 21.4. The van der Waals surface area contributed by atoms with Gasteiger partial charge in [0.2, 0.25) is 5.91 Å². The number of hydrogen-bond donors (Lipinski definition) is 1. The minimum Gasteiger partial charge on any atom is -0.411 e. The molecule has 1 unspecified atom stereocenters. The molecule has 1 fully saturated rings. The Kier molecular flexibility index (Phi) is 8.31. The molecule has 4 nitrogen and oxygen atoms in total. The van der Waals surface area contributed by atoms with E-state index < -0.39 is 0 Å². The quantitative estimate of drug-likeness (QED) is 0.418. The van der Waals surface area contributed by atoms with Crippen LogP contribution in [0.25, 0.3) is 0 Å². The summed E-state index contributed by atoms with van der Waals surface area (Å²) in [6.07, 6.45) is 9.62. The number of amides is 1. The van der Waals surface area contributed by atoms with Crippen LogP contribution in [0.1, 0.15) is 71.6 Å². The van der Waals surface area contributed by atoms with Crippen LogP contribution in [0.15, 0.2) is 5.16 Å². The monoisotopic (exact) mass is 282 g/mol. The Labute approximate surface area is 123 Å². The lowest BCUT2D eigenvalue weighted by molar-refractivity contribution is -0.132. The van der Waals surface area contributed by atoms with Gasteiger partial charge in [0.05, 0.1) is 5.71 Å². The highest BCUT2D eigenvalue weighted by molar-refractivity contribution is 5.89. The third-order valence-corrected chi connectivity index (χ3v) is 4.27. The molecule has 0 bridgehead atoms. The molecule has 0 radical (unpaired) electrons. The number of carbonyl (C=O) groups excluding carboxylic acids is 1. The summed E-state index contributed by atoms with van der Waals surface area (Å²) in [4.78, 5) is 14.1. The van der Waals surface area contributed by atoms with Crippen LogP contribution in [0, 0.1) is 5.92 Å². The maximum absolute atomic E-state index is 12.2. The highest BCUT2D eigenvalue weighted by atomic mass is 16.4. The predicted octanol–water partition coefficient (Wildman–Crippen LogP) is 3.83. The highest BCUT2D eigenvalue weighted by Gasteiger charge is 2.27. The molecule has 1 N–H and O–H groups in total. The summed E-state index contributed by atoms with van der Waals surface area (Å²) >= 11 is 0. The number of nitrogens with zero attached hydrogens (tertiary/aromatic N) is 2. The predicted molar refractivity (Wildman–Crippen MR) is 82.2 cm³/mol. The second kappa shape index (κ2) is 9.78. The van der Waals surface area contributed by atoms with Gasteiger partial charge in [0, 0.05) is 31.8 Å². The molecule has 1 amide bonds. The van der Waals surface area contributed by atoms with E-state index in [1.807, 2.05) is 4.90 Å². The van der Waals surface area contributed by atoms with Gasteiger partial charge >= 0.3 is 0 Å². The van der Waals surface area contributed by atoms with E-state index in [0.29, 0.717) is 13.0 Å². The van der Waals surface area contributed by atoms with Crippen LogP contribution in [0.5, 0.6) is 0 Å². The number of piperidine rings is 1. The smallest absolute Gasteiger partial charge is 0.222 e. The minimum atomic E-state index is 0.238. The fraction of sp³-hybridized carbons (Fsp3) is 0.875. The topological polar surface area (TPSA) is 52.9 Å². The standard InChI is InChI=1S/C16H30N2O2/c1-3-5-6-7-8-9-10-16(19)18-12-11-15(17-20)14(4-2)13-18/h14,20H,3-13H2,1-2H3. The average molecular weight is 282 g/mol. The van der Waals surface area contributed by atoms with Gasteiger partial charge in [0.1, 0.15) is 0 Å². The van der Waals surface area contributed by atoms with Crippen molar-refractivity contribution in [3.8, 4) is 0 Å². The van der Waals surface area contributed by atoms with Gasteiger partial charge in [-0.1, -0.05) is 51.1 Å². The zero-order chi connectivity index (χ0) is 14.8. The molecule has 0 aliphatic carbocycles. The molecule has 0 aromatic carbocycles. The zero-order valence-electron chi connectivity index (χ0n) is 13.1. The second-order valence-electron chi connectivity index (χ2n) is 5.80. The molecule has 0 spiro atoms. The first-order valence-electron chi connectivity index (χ1n) is 8.21. The first kappa shape index (κ1) is 17.0. The molecule has 0 saturated carbocycles. The molecule has 1 aliphatic rings. The maximum atomic E-state index is 12.2. The van der Waals surface area contributed by atoms with E-state index in [1.54, 1.807) is 0 Å². The molecule has 1 heterocycles. The minimum absolute atomic E-state index is 0.238. The third-order valence-electron chi connectivity index (χ3n) is 4.27. The number of unbranched alkanes of at least 4 members (excludes halogenated alkanes) is 5. The maximum Gasteiger partial charge on any atom is 0.222 e. The van der Waals surface area contributed by atoms with Gasteiger partial charge in [-0.25, -0.2) is 0 Å². The van der Waals surface area contributed by atoms with Crippen molar-refractivity contribution in [3.63, 3.8) is 0 Å². The van der Waals surface area contributed by atoms with Gasteiger partial charge in [-0.15, -0.1) is 0 Å². The third kappa shape index (κ3) is 5.51. The van der Waals surface area contributed by atoms with Crippen molar-refractivity contribution >= 4 is 11.6 Å². The molecule has 0 aromatic rings. The molecule has 116 valence electrons. The summed E-state index contributed by atoms with van der Waals surface area (Å²) in [5.41, 5.74) is 0.858. The van der Waals surface area contributed by atoms with Crippen molar-refractivity contribution in [1.29, 1.82) is 0 Å². The van der Waals surface area contributed by atoms with Crippen LogP contribution in [0.4, 0.5) is 0 Å². The Morgan fingerprint density at radius 2 is 1.95 bits per heavy atom. The molecule has 0 aromatic heterocycles. The average Bonchev–Trinajstić information content (AvgIpc) is 2.49. The first-order chi connectivity index (χ1) is 9.72. The van der Waals surface area contributed by atoms with Gasteiger partial charge in [-0.2, -0.15) is 0 Å². The van der Waals surface area contributed by atoms with Crippen LogP contribution >= 0.6 is 0 Å². The van der Waals surface area contributed by atoms with Gasteiger partial charge in [-0.05, 0) is 12.8 Å². The molecule has 1 saturated heterocycles. The number of rotatable bonds is 8. The van der Waals surface area contributed by atoms with Gasteiger partial charge in [-0.3, -0.25) is 4.79 Å². The number of carbonyl (C=O) groups is 1. The number of likely N-dealkylation sites (tertiary alicyclic amines) is 1. The molecule has 1 atom stereocenters. The largest absolute Gasteiger partial charge is 0.411 e. The Morgan fingerprint density at radius 1 is 1.25 bits per heavy atom. The molecule has 1 aliphatic heterocycles. The molecule has 20 heavy (non-hydrogen) atoms. The van der Waals surface area contributed by atoms with E-state index in [0.717, 1.165) is 31.5 Å². The van der Waals surface area contributed by atoms with Crippen molar-refractivity contribution < 1.29 is 10.0 Å². The summed E-state index contributed by atoms with van der Waals surface area (Å²) in [5.74, 6) is 0.512. The Bertz CT molecular complexity index is 316. The van der Waals surface area contributed by atoms with Crippen LogP contribution in [0.2, 0.25) is 0 Å². The van der Waals surface area contributed by atoms with E-state index in [-0.39, 0.29) is 11.8 Å². The van der Waals surface area contributed by atoms with E-state index >= 15 is 0 Å². The second-order valence-corrected chi connectivity index (χ2v) is 5.80. The SMILES string of the molecule is CCCCCCCCC(=O)N1CCC(=NO)C(CC)C1. The first-order valence-corrected chi connectivity index (χ1v) is 8.21. The van der Waals surface area contributed by atoms with E-state index in [1.165, 1.54) is 32.1 Å². The lowest BCUT2D eigenvalue weighted by Gasteiger charge is -2.33. The summed E-state index contributed by atoms with van der Waals surface area (Å²) in [7, 11) is 0. The molecular formula is C16H30N2O2. The number of hydrogen-bond acceptors (Lipinski definition) is 3. The molecule has 4 heteroatoms. The molecular weight excluding hydrogens is 252 g/mol. The van der Waals surface area contributed by atoms with Crippen LogP contribution in [0.3, 0.4) is 0 Å². The van der Waals surface area contributed by atoms with Crippen LogP contribution in [-0.2, 0) is 4.79 Å². The van der Waals surface area contributed by atoms with E-state index in [2.05, 4.69) is 19.0 Å². The van der Waals surface area contributed by atoms with Gasteiger partial charge in [0.25, 0.3) is 0 Å². The van der Waals surface area contributed by atoms with E-state index in [4.69, 9.17) is 5.21 Å². The Morgan fingerprint density at radius 3 is 2.60 bits per heavy atom. The Balaban J connectivity index is 2.23. The molecule has 1 rings (SSSR count).